The van der Waals surface area contributed by atoms with Crippen molar-refractivity contribution in [3.05, 3.63) is 113 Å². The molecule has 0 bridgehead atoms. The molecule has 0 aliphatic rings. The van der Waals surface area contributed by atoms with Crippen molar-refractivity contribution in [1.29, 1.82) is 0 Å². The summed E-state index contributed by atoms with van der Waals surface area (Å²) < 4.78 is 4.98. The second kappa shape index (κ2) is 10.7. The minimum atomic E-state index is -0.578. The minimum Gasteiger partial charge on any atom is -0.466 e. The maximum absolute atomic E-state index is 13.3. The number of hydrogen-bond donors (Lipinski definition) is 1. The number of carbonyl (C=O) groups excluding carboxylic acids is 3. The lowest BCUT2D eigenvalue weighted by Crippen LogP contribution is -2.48. The van der Waals surface area contributed by atoms with Crippen molar-refractivity contribution >= 4 is 23.4 Å². The first-order valence-electron chi connectivity index (χ1n) is 10.1. The van der Waals surface area contributed by atoms with Gasteiger partial charge in [-0.05, 0) is 42.3 Å². The van der Waals surface area contributed by atoms with Crippen LogP contribution in [0.25, 0.3) is 5.57 Å². The van der Waals surface area contributed by atoms with Gasteiger partial charge in [-0.3, -0.25) is 15.0 Å². The van der Waals surface area contributed by atoms with Gasteiger partial charge in [0, 0.05) is 11.1 Å². The molecule has 32 heavy (non-hydrogen) atoms. The SMILES string of the molecule is COC(=O)/C(CN(NC(=O)c1ccccc1)C(=O)c1ccccc1)=C(\C)c1ccccc1. The van der Waals surface area contributed by atoms with Gasteiger partial charge in [-0.25, -0.2) is 9.80 Å². The minimum absolute atomic E-state index is 0.167. The first-order chi connectivity index (χ1) is 15.5. The third-order valence-corrected chi connectivity index (χ3v) is 4.95. The highest BCUT2D eigenvalue weighted by Crippen LogP contribution is 2.20. The van der Waals surface area contributed by atoms with Gasteiger partial charge in [0.2, 0.25) is 0 Å². The monoisotopic (exact) mass is 428 g/mol. The number of nitrogens with one attached hydrogen (secondary N) is 1. The Morgan fingerprint density at radius 1 is 0.750 bits per heavy atom. The molecule has 6 heteroatoms. The van der Waals surface area contributed by atoms with Crippen LogP contribution in [0.15, 0.2) is 96.6 Å². The first kappa shape index (κ1) is 22.5. The summed E-state index contributed by atoms with van der Waals surface area (Å²) in [4.78, 5) is 38.7. The molecule has 0 saturated carbocycles. The van der Waals surface area contributed by atoms with Crippen LogP contribution in [0.2, 0.25) is 0 Å². The maximum Gasteiger partial charge on any atom is 0.335 e. The number of esters is 1. The molecule has 2 amide bonds. The second-order valence-electron chi connectivity index (χ2n) is 7.03. The van der Waals surface area contributed by atoms with E-state index in [1.165, 1.54) is 7.11 Å². The molecule has 0 spiro atoms. The van der Waals surface area contributed by atoms with Crippen LogP contribution in [-0.2, 0) is 9.53 Å². The number of nitrogens with zero attached hydrogens (tertiary/aromatic N) is 1. The van der Waals surface area contributed by atoms with E-state index in [4.69, 9.17) is 4.74 Å². The molecule has 162 valence electrons. The molecule has 3 aromatic carbocycles. The number of hydrazine groups is 1. The molecule has 0 radical (unpaired) electrons. The third kappa shape index (κ3) is 5.49. The van der Waals surface area contributed by atoms with Crippen LogP contribution in [0.4, 0.5) is 0 Å². The highest BCUT2D eigenvalue weighted by molar-refractivity contribution is 6.02. The van der Waals surface area contributed by atoms with Gasteiger partial charge >= 0.3 is 5.97 Å². The first-order valence-corrected chi connectivity index (χ1v) is 10.1. The fraction of sp³-hybridized carbons (Fsp3) is 0.115. The van der Waals surface area contributed by atoms with Crippen LogP contribution in [-0.4, -0.2) is 36.4 Å². The van der Waals surface area contributed by atoms with Crippen molar-refractivity contribution in [2.45, 2.75) is 6.92 Å². The molecular formula is C26H24N2O4. The van der Waals surface area contributed by atoms with Crippen LogP contribution in [0.5, 0.6) is 0 Å². The van der Waals surface area contributed by atoms with E-state index >= 15 is 0 Å². The normalized spacial score (nSPS) is 11.2. The number of ether oxygens (including phenoxy) is 1. The number of benzene rings is 3. The molecule has 3 aromatic rings. The van der Waals surface area contributed by atoms with Crippen molar-refractivity contribution in [1.82, 2.24) is 10.4 Å². The molecule has 0 aliphatic heterocycles. The summed E-state index contributed by atoms with van der Waals surface area (Å²) in [6.07, 6.45) is 0. The van der Waals surface area contributed by atoms with E-state index in [2.05, 4.69) is 5.43 Å². The average Bonchev–Trinajstić information content (AvgIpc) is 2.86. The van der Waals surface area contributed by atoms with Crippen LogP contribution < -0.4 is 5.43 Å². The third-order valence-electron chi connectivity index (χ3n) is 4.95. The van der Waals surface area contributed by atoms with Gasteiger partial charge in [0.05, 0.1) is 19.2 Å². The van der Waals surface area contributed by atoms with E-state index in [0.29, 0.717) is 16.7 Å². The molecule has 0 heterocycles. The van der Waals surface area contributed by atoms with Crippen molar-refractivity contribution in [3.63, 3.8) is 0 Å². The molecule has 1 N–H and O–H groups in total. The van der Waals surface area contributed by atoms with Gasteiger partial charge in [-0.15, -0.1) is 0 Å². The predicted octanol–water partition coefficient (Wildman–Crippen LogP) is 4.12. The van der Waals surface area contributed by atoms with E-state index in [1.54, 1.807) is 67.6 Å². The van der Waals surface area contributed by atoms with Gasteiger partial charge in [0.15, 0.2) is 0 Å². The van der Waals surface area contributed by atoms with E-state index in [9.17, 15) is 14.4 Å². The lowest BCUT2D eigenvalue weighted by Gasteiger charge is -2.25. The summed E-state index contributed by atoms with van der Waals surface area (Å²) in [5.74, 6) is -1.49. The Hall–Kier alpha value is -4.19. The molecule has 0 aliphatic carbocycles. The largest absolute Gasteiger partial charge is 0.466 e. The smallest absolute Gasteiger partial charge is 0.335 e. The number of rotatable bonds is 6. The van der Waals surface area contributed by atoms with Crippen LogP contribution >= 0.6 is 0 Å². The van der Waals surface area contributed by atoms with Crippen LogP contribution in [0, 0.1) is 0 Å². The van der Waals surface area contributed by atoms with Gasteiger partial charge < -0.3 is 4.74 Å². The summed E-state index contributed by atoms with van der Waals surface area (Å²) in [5, 5.41) is 1.14. The van der Waals surface area contributed by atoms with E-state index in [-0.39, 0.29) is 12.1 Å². The van der Waals surface area contributed by atoms with Gasteiger partial charge in [-0.1, -0.05) is 66.7 Å². The molecule has 3 rings (SSSR count). The highest BCUT2D eigenvalue weighted by atomic mass is 16.5. The average molecular weight is 428 g/mol. The quantitative estimate of drug-likeness (QED) is 0.364. The number of amides is 2. The van der Waals surface area contributed by atoms with Gasteiger partial charge in [0.1, 0.15) is 0 Å². The lowest BCUT2D eigenvalue weighted by molar-refractivity contribution is -0.136. The molecule has 0 saturated heterocycles. The Bertz CT molecular complexity index is 1110. The number of allylic oxidation sites excluding steroid dienone is 1. The molecular weight excluding hydrogens is 404 g/mol. The van der Waals surface area contributed by atoms with E-state index in [0.717, 1.165) is 10.6 Å². The zero-order valence-corrected chi connectivity index (χ0v) is 17.9. The van der Waals surface area contributed by atoms with Crippen molar-refractivity contribution in [2.75, 3.05) is 13.7 Å². The Balaban J connectivity index is 1.99. The summed E-state index contributed by atoms with van der Waals surface area (Å²) in [6.45, 7) is 1.62. The Kier molecular flexibility index (Phi) is 7.54. The van der Waals surface area contributed by atoms with Gasteiger partial charge in [0.25, 0.3) is 11.8 Å². The lowest BCUT2D eigenvalue weighted by atomic mass is 10.0. The zero-order valence-electron chi connectivity index (χ0n) is 17.9. The zero-order chi connectivity index (χ0) is 22.9. The van der Waals surface area contributed by atoms with Gasteiger partial charge in [-0.2, -0.15) is 0 Å². The molecule has 0 aromatic heterocycles. The van der Waals surface area contributed by atoms with E-state index in [1.807, 2.05) is 30.3 Å². The summed E-state index contributed by atoms with van der Waals surface area (Å²) in [6, 6.07) is 26.4. The van der Waals surface area contributed by atoms with Crippen molar-refractivity contribution < 1.29 is 19.1 Å². The van der Waals surface area contributed by atoms with Crippen LogP contribution in [0.1, 0.15) is 33.2 Å². The summed E-state index contributed by atoms with van der Waals surface area (Å²) in [7, 11) is 1.28. The predicted molar refractivity (Wildman–Crippen MR) is 122 cm³/mol. The Morgan fingerprint density at radius 3 is 1.72 bits per heavy atom. The summed E-state index contributed by atoms with van der Waals surface area (Å²) in [5.41, 5.74) is 5.14. The van der Waals surface area contributed by atoms with Crippen molar-refractivity contribution in [3.8, 4) is 0 Å². The molecule has 0 atom stereocenters. The molecule has 0 fully saturated rings. The van der Waals surface area contributed by atoms with E-state index < -0.39 is 17.8 Å². The molecule has 0 unspecified atom stereocenters. The highest BCUT2D eigenvalue weighted by Gasteiger charge is 2.25. The van der Waals surface area contributed by atoms with Crippen LogP contribution in [0.3, 0.4) is 0 Å². The standard InChI is InChI=1S/C26H24N2O4/c1-19(20-12-6-3-7-13-20)23(26(31)32-2)18-28(25(30)22-16-10-5-11-17-22)27-24(29)21-14-8-4-9-15-21/h3-17H,18H2,1-2H3,(H,27,29)/b23-19+. The number of methoxy groups -OCH3 is 1. The van der Waals surface area contributed by atoms with Crippen molar-refractivity contribution in [2.24, 2.45) is 0 Å². The fourth-order valence-electron chi connectivity index (χ4n) is 3.16. The second-order valence-corrected chi connectivity index (χ2v) is 7.03. The number of hydrogen-bond acceptors (Lipinski definition) is 4. The fourth-order valence-corrected chi connectivity index (χ4v) is 3.16. The summed E-state index contributed by atoms with van der Waals surface area (Å²) >= 11 is 0. The number of carbonyl (C=O) groups is 3. The molecule has 6 nitrogen and oxygen atoms in total. The Morgan fingerprint density at radius 2 is 1.22 bits per heavy atom. The Labute approximate surface area is 187 Å². The topological polar surface area (TPSA) is 75.7 Å². The maximum atomic E-state index is 13.3.